The number of carbonyl (C=O) groups is 1. The summed E-state index contributed by atoms with van der Waals surface area (Å²) < 4.78 is 10.6. The molecule has 0 saturated heterocycles. The molecule has 0 fully saturated rings. The van der Waals surface area contributed by atoms with E-state index in [4.69, 9.17) is 9.47 Å². The zero-order valence-electron chi connectivity index (χ0n) is 13.1. The van der Waals surface area contributed by atoms with Gasteiger partial charge in [-0.25, -0.2) is 0 Å². The molecule has 0 aliphatic carbocycles. The van der Waals surface area contributed by atoms with Crippen LogP contribution in [0, 0.1) is 0 Å². The number of ether oxygens (including phenoxy) is 2. The second kappa shape index (κ2) is 7.50. The van der Waals surface area contributed by atoms with Crippen molar-refractivity contribution in [2.45, 2.75) is 19.9 Å². The molecule has 1 amide bonds. The molecule has 0 radical (unpaired) electrons. The van der Waals surface area contributed by atoms with Crippen molar-refractivity contribution >= 4 is 5.91 Å². The lowest BCUT2D eigenvalue weighted by molar-refractivity contribution is 0.0939. The lowest BCUT2D eigenvalue weighted by atomic mass is 10.1. The van der Waals surface area contributed by atoms with Crippen molar-refractivity contribution in [3.05, 3.63) is 59.7 Å². The summed E-state index contributed by atoms with van der Waals surface area (Å²) >= 11 is 0. The van der Waals surface area contributed by atoms with Gasteiger partial charge in [-0.1, -0.05) is 18.2 Å². The fraction of sp³-hybridized carbons (Fsp3) is 0.278. The molecule has 0 heterocycles. The highest BCUT2D eigenvalue weighted by atomic mass is 16.5. The van der Waals surface area contributed by atoms with Gasteiger partial charge in [0, 0.05) is 5.56 Å². The van der Waals surface area contributed by atoms with Crippen LogP contribution in [0.3, 0.4) is 0 Å². The van der Waals surface area contributed by atoms with Gasteiger partial charge in [-0.15, -0.1) is 0 Å². The predicted octanol–water partition coefficient (Wildman–Crippen LogP) is 3.58. The average Bonchev–Trinajstić information content (AvgIpc) is 2.55. The molecule has 2 aromatic rings. The van der Waals surface area contributed by atoms with Gasteiger partial charge in [0.2, 0.25) is 0 Å². The first-order valence-electron chi connectivity index (χ1n) is 7.31. The Morgan fingerprint density at radius 1 is 1.14 bits per heavy atom. The zero-order valence-corrected chi connectivity index (χ0v) is 13.1. The van der Waals surface area contributed by atoms with Crippen molar-refractivity contribution < 1.29 is 14.3 Å². The maximum Gasteiger partial charge on any atom is 0.251 e. The van der Waals surface area contributed by atoms with Crippen LogP contribution in [0.15, 0.2) is 48.5 Å². The Kier molecular flexibility index (Phi) is 5.42. The van der Waals surface area contributed by atoms with E-state index >= 15 is 0 Å². The van der Waals surface area contributed by atoms with Crippen LogP contribution in [0.4, 0.5) is 0 Å². The van der Waals surface area contributed by atoms with Gasteiger partial charge in [0.25, 0.3) is 5.91 Å². The van der Waals surface area contributed by atoms with Gasteiger partial charge in [0.15, 0.2) is 0 Å². The van der Waals surface area contributed by atoms with Crippen LogP contribution < -0.4 is 14.8 Å². The Hall–Kier alpha value is -2.49. The first-order chi connectivity index (χ1) is 10.6. The van der Waals surface area contributed by atoms with Crippen LogP contribution in [0.25, 0.3) is 0 Å². The molecule has 0 aliphatic rings. The third-order valence-corrected chi connectivity index (χ3v) is 3.37. The summed E-state index contributed by atoms with van der Waals surface area (Å²) in [7, 11) is 1.58. The molecule has 0 spiro atoms. The molecule has 1 atom stereocenters. The summed E-state index contributed by atoms with van der Waals surface area (Å²) in [5.41, 5.74) is 1.61. The van der Waals surface area contributed by atoms with Gasteiger partial charge >= 0.3 is 0 Å². The molecule has 22 heavy (non-hydrogen) atoms. The highest BCUT2D eigenvalue weighted by Gasteiger charge is 2.12. The summed E-state index contributed by atoms with van der Waals surface area (Å²) in [6.07, 6.45) is 0. The first kappa shape index (κ1) is 15.9. The third-order valence-electron chi connectivity index (χ3n) is 3.37. The Labute approximate surface area is 131 Å². The Bertz CT molecular complexity index is 622. The minimum atomic E-state index is -0.125. The second-order valence-corrected chi connectivity index (χ2v) is 4.93. The Morgan fingerprint density at radius 3 is 2.50 bits per heavy atom. The molecular formula is C18H21NO3. The largest absolute Gasteiger partial charge is 0.497 e. The maximum atomic E-state index is 12.3. The molecule has 1 N–H and O–H groups in total. The van der Waals surface area contributed by atoms with Crippen molar-refractivity contribution in [1.82, 2.24) is 5.32 Å². The summed E-state index contributed by atoms with van der Waals surface area (Å²) in [6, 6.07) is 14.8. The fourth-order valence-corrected chi connectivity index (χ4v) is 2.15. The Balaban J connectivity index is 2.03. The molecule has 4 heteroatoms. The molecule has 0 aliphatic heterocycles. The zero-order chi connectivity index (χ0) is 15.9. The smallest absolute Gasteiger partial charge is 0.251 e. The molecule has 0 aromatic heterocycles. The van der Waals surface area contributed by atoms with E-state index in [1.54, 1.807) is 25.3 Å². The van der Waals surface area contributed by atoms with Crippen LogP contribution in [0.2, 0.25) is 0 Å². The summed E-state index contributed by atoms with van der Waals surface area (Å²) in [6.45, 7) is 4.54. The van der Waals surface area contributed by atoms with E-state index in [9.17, 15) is 4.79 Å². The van der Waals surface area contributed by atoms with E-state index in [1.807, 2.05) is 44.2 Å². The Morgan fingerprint density at radius 2 is 1.86 bits per heavy atom. The number of benzene rings is 2. The minimum Gasteiger partial charge on any atom is -0.497 e. The number of rotatable bonds is 6. The van der Waals surface area contributed by atoms with E-state index in [1.165, 1.54) is 0 Å². The standard InChI is InChI=1S/C18H21NO3/c1-4-22-16-10-8-14(9-11-16)13(2)19-18(20)15-6-5-7-17(12-15)21-3/h5-13H,4H2,1-3H3,(H,19,20). The average molecular weight is 299 g/mol. The second-order valence-electron chi connectivity index (χ2n) is 4.93. The number of carbonyl (C=O) groups excluding carboxylic acids is 1. The van der Waals surface area contributed by atoms with Gasteiger partial charge in [0.05, 0.1) is 19.8 Å². The quantitative estimate of drug-likeness (QED) is 0.887. The SMILES string of the molecule is CCOc1ccc(C(C)NC(=O)c2cccc(OC)c2)cc1. The van der Waals surface area contributed by atoms with Gasteiger partial charge in [-0.05, 0) is 49.7 Å². The summed E-state index contributed by atoms with van der Waals surface area (Å²) in [4.78, 5) is 12.3. The molecular weight excluding hydrogens is 278 g/mol. The highest BCUT2D eigenvalue weighted by Crippen LogP contribution is 2.19. The van der Waals surface area contributed by atoms with Crippen molar-refractivity contribution in [1.29, 1.82) is 0 Å². The van der Waals surface area contributed by atoms with Crippen molar-refractivity contribution in [2.24, 2.45) is 0 Å². The molecule has 0 saturated carbocycles. The number of methoxy groups -OCH3 is 1. The molecule has 1 unspecified atom stereocenters. The summed E-state index contributed by atoms with van der Waals surface area (Å²) in [5, 5.41) is 2.98. The van der Waals surface area contributed by atoms with E-state index < -0.39 is 0 Å². The first-order valence-corrected chi connectivity index (χ1v) is 7.31. The number of nitrogens with one attached hydrogen (secondary N) is 1. The number of hydrogen-bond acceptors (Lipinski definition) is 3. The van der Waals surface area contributed by atoms with Crippen molar-refractivity contribution in [3.63, 3.8) is 0 Å². The van der Waals surface area contributed by atoms with E-state index in [2.05, 4.69) is 5.32 Å². The van der Waals surface area contributed by atoms with Crippen LogP contribution in [0.5, 0.6) is 11.5 Å². The van der Waals surface area contributed by atoms with Gasteiger partial charge in [0.1, 0.15) is 11.5 Å². The van der Waals surface area contributed by atoms with Crippen LogP contribution >= 0.6 is 0 Å². The minimum absolute atomic E-state index is 0.0885. The molecule has 4 nitrogen and oxygen atoms in total. The van der Waals surface area contributed by atoms with Crippen molar-refractivity contribution in [3.8, 4) is 11.5 Å². The van der Waals surface area contributed by atoms with Crippen LogP contribution in [0.1, 0.15) is 35.8 Å². The normalized spacial score (nSPS) is 11.6. The van der Waals surface area contributed by atoms with Crippen molar-refractivity contribution in [2.75, 3.05) is 13.7 Å². The number of amides is 1. The van der Waals surface area contributed by atoms with Gasteiger partial charge in [-0.2, -0.15) is 0 Å². The monoisotopic (exact) mass is 299 g/mol. The maximum absolute atomic E-state index is 12.3. The van der Waals surface area contributed by atoms with E-state index in [-0.39, 0.29) is 11.9 Å². The third kappa shape index (κ3) is 4.01. The summed E-state index contributed by atoms with van der Waals surface area (Å²) in [5.74, 6) is 1.37. The van der Waals surface area contributed by atoms with Gasteiger partial charge < -0.3 is 14.8 Å². The topological polar surface area (TPSA) is 47.6 Å². The predicted molar refractivity (Wildman–Crippen MR) is 86.5 cm³/mol. The molecule has 2 rings (SSSR count). The van der Waals surface area contributed by atoms with Crippen LogP contribution in [-0.2, 0) is 0 Å². The molecule has 116 valence electrons. The lowest BCUT2D eigenvalue weighted by Gasteiger charge is -2.15. The van der Waals surface area contributed by atoms with Gasteiger partial charge in [-0.3, -0.25) is 4.79 Å². The van der Waals surface area contributed by atoms with Crippen LogP contribution in [-0.4, -0.2) is 19.6 Å². The molecule has 2 aromatic carbocycles. The molecule has 0 bridgehead atoms. The van der Waals surface area contributed by atoms with E-state index in [0.29, 0.717) is 17.9 Å². The number of hydrogen-bond donors (Lipinski definition) is 1. The lowest BCUT2D eigenvalue weighted by Crippen LogP contribution is -2.26. The fourth-order valence-electron chi connectivity index (χ4n) is 2.15. The van der Waals surface area contributed by atoms with E-state index in [0.717, 1.165) is 11.3 Å². The highest BCUT2D eigenvalue weighted by molar-refractivity contribution is 5.94.